The Labute approximate surface area is 59.5 Å². The van der Waals surface area contributed by atoms with Crippen LogP contribution in [0.3, 0.4) is 0 Å². The predicted molar refractivity (Wildman–Crippen MR) is 38.1 cm³/mol. The highest BCUT2D eigenvalue weighted by Crippen LogP contribution is 1.82. The van der Waals surface area contributed by atoms with Crippen LogP contribution >= 0.6 is 0 Å². The van der Waals surface area contributed by atoms with E-state index in [4.69, 9.17) is 11.1 Å². The molecule has 1 amide bonds. The average Bonchev–Trinajstić information content (AvgIpc) is 1.85. The molecule has 0 aromatic rings. The van der Waals surface area contributed by atoms with Crippen molar-refractivity contribution >= 4 is 11.9 Å². The van der Waals surface area contributed by atoms with Crippen molar-refractivity contribution in [2.45, 2.75) is 19.8 Å². The van der Waals surface area contributed by atoms with Crippen molar-refractivity contribution in [2.75, 3.05) is 0 Å². The lowest BCUT2D eigenvalue weighted by molar-refractivity contribution is -0.121. The Balaban J connectivity index is 3.30. The Kier molecular flexibility index (Phi) is 4.02. The number of carbonyl (C=O) groups is 1. The molecule has 0 atom stereocenters. The van der Waals surface area contributed by atoms with Crippen LogP contribution in [-0.2, 0) is 4.79 Å². The van der Waals surface area contributed by atoms with Crippen molar-refractivity contribution in [3.63, 3.8) is 0 Å². The van der Waals surface area contributed by atoms with Gasteiger partial charge in [0.15, 0.2) is 0 Å². The number of hydrogen-bond donors (Lipinski definition) is 4. The summed E-state index contributed by atoms with van der Waals surface area (Å²) in [4.78, 5) is 10.6. The molecule has 0 unspecified atom stereocenters. The molecule has 0 aliphatic rings. The van der Waals surface area contributed by atoms with Crippen molar-refractivity contribution in [1.82, 2.24) is 10.9 Å². The number of amides is 1. The highest BCUT2D eigenvalue weighted by molar-refractivity contribution is 5.81. The molecule has 0 rings (SSSR count). The van der Waals surface area contributed by atoms with Crippen LogP contribution in [0, 0.1) is 5.41 Å². The van der Waals surface area contributed by atoms with E-state index in [9.17, 15) is 4.79 Å². The van der Waals surface area contributed by atoms with Gasteiger partial charge in [-0.15, -0.1) is 0 Å². The van der Waals surface area contributed by atoms with Crippen LogP contribution in [0.2, 0.25) is 0 Å². The molecule has 0 heterocycles. The molecule has 0 aromatic heterocycles. The maximum Gasteiger partial charge on any atom is 0.238 e. The van der Waals surface area contributed by atoms with Crippen LogP contribution in [0.5, 0.6) is 0 Å². The van der Waals surface area contributed by atoms with Gasteiger partial charge in [0.2, 0.25) is 11.9 Å². The van der Waals surface area contributed by atoms with Crippen molar-refractivity contribution in [1.29, 1.82) is 5.41 Å². The zero-order valence-electron chi connectivity index (χ0n) is 5.90. The van der Waals surface area contributed by atoms with Crippen molar-refractivity contribution in [3.05, 3.63) is 0 Å². The third-order valence-corrected chi connectivity index (χ3v) is 0.814. The lowest BCUT2D eigenvalue weighted by Crippen LogP contribution is -2.44. The number of carbonyl (C=O) groups excluding carboxylic acids is 1. The summed E-state index contributed by atoms with van der Waals surface area (Å²) >= 11 is 0. The Bertz CT molecular complexity index is 134. The van der Waals surface area contributed by atoms with Crippen molar-refractivity contribution in [2.24, 2.45) is 5.73 Å². The largest absolute Gasteiger partial charge is 0.369 e. The number of rotatable bonds is 2. The van der Waals surface area contributed by atoms with Gasteiger partial charge in [0.05, 0.1) is 0 Å². The first-order chi connectivity index (χ1) is 4.66. The van der Waals surface area contributed by atoms with Gasteiger partial charge in [0, 0.05) is 6.42 Å². The molecule has 0 saturated heterocycles. The van der Waals surface area contributed by atoms with Gasteiger partial charge in [0.1, 0.15) is 0 Å². The van der Waals surface area contributed by atoms with Gasteiger partial charge in [0.25, 0.3) is 0 Å². The summed E-state index contributed by atoms with van der Waals surface area (Å²) in [7, 11) is 0. The van der Waals surface area contributed by atoms with Crippen molar-refractivity contribution < 1.29 is 4.79 Å². The first-order valence-corrected chi connectivity index (χ1v) is 3.05. The second-order valence-electron chi connectivity index (χ2n) is 1.84. The SMILES string of the molecule is CCCC(=O)NNC(=N)N. The van der Waals surface area contributed by atoms with E-state index < -0.39 is 0 Å². The van der Waals surface area contributed by atoms with E-state index >= 15 is 0 Å². The highest BCUT2D eigenvalue weighted by Gasteiger charge is 1.95. The van der Waals surface area contributed by atoms with Crippen LogP contribution in [0.25, 0.3) is 0 Å². The fourth-order valence-corrected chi connectivity index (χ4v) is 0.427. The number of nitrogens with two attached hydrogens (primary N) is 1. The number of hydrazine groups is 1. The summed E-state index contributed by atoms with van der Waals surface area (Å²) in [5, 5.41) is 6.67. The standard InChI is InChI=1S/C5H12N4O/c1-2-3-4(10)8-9-5(6)7/h2-3H2,1H3,(H,8,10)(H4,6,7,9). The van der Waals surface area contributed by atoms with E-state index in [-0.39, 0.29) is 11.9 Å². The van der Waals surface area contributed by atoms with Crippen LogP contribution in [0.1, 0.15) is 19.8 Å². The minimum Gasteiger partial charge on any atom is -0.369 e. The third kappa shape index (κ3) is 4.89. The zero-order valence-corrected chi connectivity index (χ0v) is 5.90. The van der Waals surface area contributed by atoms with Gasteiger partial charge in [-0.1, -0.05) is 6.92 Å². The number of hydrogen-bond acceptors (Lipinski definition) is 2. The Morgan fingerprint density at radius 3 is 2.60 bits per heavy atom. The summed E-state index contributed by atoms with van der Waals surface area (Å²) in [6.45, 7) is 1.90. The first-order valence-electron chi connectivity index (χ1n) is 3.05. The number of guanidine groups is 1. The molecule has 0 radical (unpaired) electrons. The Morgan fingerprint density at radius 2 is 2.20 bits per heavy atom. The molecule has 0 aliphatic heterocycles. The highest BCUT2D eigenvalue weighted by atomic mass is 16.2. The molecular formula is C5H12N4O. The average molecular weight is 144 g/mol. The summed E-state index contributed by atoms with van der Waals surface area (Å²) in [5.41, 5.74) is 9.33. The van der Waals surface area contributed by atoms with Crippen LogP contribution in [0.4, 0.5) is 0 Å². The van der Waals surface area contributed by atoms with E-state index in [1.807, 2.05) is 6.92 Å². The van der Waals surface area contributed by atoms with Crippen LogP contribution < -0.4 is 16.6 Å². The lowest BCUT2D eigenvalue weighted by atomic mass is 10.3. The molecule has 0 aliphatic carbocycles. The van der Waals surface area contributed by atoms with E-state index in [0.29, 0.717) is 6.42 Å². The van der Waals surface area contributed by atoms with E-state index in [1.165, 1.54) is 0 Å². The molecule has 0 saturated carbocycles. The van der Waals surface area contributed by atoms with Gasteiger partial charge >= 0.3 is 0 Å². The van der Waals surface area contributed by atoms with Gasteiger partial charge in [-0.05, 0) is 6.42 Å². The molecule has 5 N–H and O–H groups in total. The normalized spacial score (nSPS) is 8.50. The number of nitrogens with one attached hydrogen (secondary N) is 3. The Hall–Kier alpha value is -1.26. The van der Waals surface area contributed by atoms with E-state index in [1.54, 1.807) is 0 Å². The maximum atomic E-state index is 10.6. The molecule has 58 valence electrons. The maximum absolute atomic E-state index is 10.6. The molecule has 10 heavy (non-hydrogen) atoms. The topological polar surface area (TPSA) is 91.0 Å². The van der Waals surface area contributed by atoms with Gasteiger partial charge in [-0.25, -0.2) is 0 Å². The molecule has 0 bridgehead atoms. The Morgan fingerprint density at radius 1 is 1.60 bits per heavy atom. The molecule has 5 heteroatoms. The molecular weight excluding hydrogens is 132 g/mol. The second-order valence-corrected chi connectivity index (χ2v) is 1.84. The third-order valence-electron chi connectivity index (χ3n) is 0.814. The first kappa shape index (κ1) is 8.74. The van der Waals surface area contributed by atoms with Gasteiger partial charge in [-0.2, -0.15) is 0 Å². The minimum atomic E-state index is -0.260. The monoisotopic (exact) mass is 144 g/mol. The minimum absolute atomic E-state index is 0.155. The summed E-state index contributed by atoms with van der Waals surface area (Å²) < 4.78 is 0. The summed E-state index contributed by atoms with van der Waals surface area (Å²) in [6.07, 6.45) is 1.23. The second kappa shape index (κ2) is 4.60. The van der Waals surface area contributed by atoms with Gasteiger partial charge in [-0.3, -0.25) is 21.1 Å². The van der Waals surface area contributed by atoms with E-state index in [0.717, 1.165) is 6.42 Å². The van der Waals surface area contributed by atoms with Crippen LogP contribution in [-0.4, -0.2) is 11.9 Å². The van der Waals surface area contributed by atoms with E-state index in [2.05, 4.69) is 10.9 Å². The summed E-state index contributed by atoms with van der Waals surface area (Å²) in [6, 6.07) is 0. The van der Waals surface area contributed by atoms with Crippen molar-refractivity contribution in [3.8, 4) is 0 Å². The fraction of sp³-hybridized carbons (Fsp3) is 0.600. The molecule has 5 nitrogen and oxygen atoms in total. The van der Waals surface area contributed by atoms with Gasteiger partial charge < -0.3 is 5.73 Å². The zero-order chi connectivity index (χ0) is 7.98. The predicted octanol–water partition coefficient (Wildman–Crippen LogP) is -0.699. The van der Waals surface area contributed by atoms with Crippen LogP contribution in [0.15, 0.2) is 0 Å². The summed E-state index contributed by atoms with van der Waals surface area (Å²) in [5.74, 6) is -0.415. The molecule has 0 aromatic carbocycles. The molecule has 0 fully saturated rings. The molecule has 0 spiro atoms. The fourth-order valence-electron chi connectivity index (χ4n) is 0.427. The smallest absolute Gasteiger partial charge is 0.238 e. The lowest BCUT2D eigenvalue weighted by Gasteiger charge is -2.03. The quantitative estimate of drug-likeness (QED) is 0.234.